The summed E-state index contributed by atoms with van der Waals surface area (Å²) in [5.74, 6) is 0.0637. The molecule has 2 fully saturated rings. The molecule has 1 saturated heterocycles. The maximum absolute atomic E-state index is 6.19. The lowest BCUT2D eigenvalue weighted by atomic mass is 9.73. The second kappa shape index (κ2) is 7.17. The number of rotatable bonds is 4. The van der Waals surface area contributed by atoms with Crippen LogP contribution in [0, 0.1) is 5.92 Å². The van der Waals surface area contributed by atoms with Crippen LogP contribution in [0.25, 0.3) is 0 Å². The zero-order valence-corrected chi connectivity index (χ0v) is 15.5. The van der Waals surface area contributed by atoms with Crippen LogP contribution in [-0.4, -0.2) is 38.0 Å². The summed E-state index contributed by atoms with van der Waals surface area (Å²) in [5.41, 5.74) is 1.35. The Hall–Kier alpha value is -0.870. The van der Waals surface area contributed by atoms with Gasteiger partial charge in [0.25, 0.3) is 0 Å². The van der Waals surface area contributed by atoms with Crippen molar-refractivity contribution in [1.82, 2.24) is 4.90 Å². The molecule has 24 heavy (non-hydrogen) atoms. The number of hydrogen-bond acceptors (Lipinski definition) is 3. The molecule has 2 aliphatic rings. The fourth-order valence-electron chi connectivity index (χ4n) is 4.09. The molecule has 0 unspecified atom stereocenters. The van der Waals surface area contributed by atoms with E-state index in [4.69, 9.17) is 21.1 Å². The van der Waals surface area contributed by atoms with Gasteiger partial charge in [-0.2, -0.15) is 0 Å². The molecule has 132 valence electrons. The number of benzene rings is 1. The van der Waals surface area contributed by atoms with E-state index in [0.717, 1.165) is 50.3 Å². The highest BCUT2D eigenvalue weighted by molar-refractivity contribution is 6.30. The molecular weight excluding hydrogens is 322 g/mol. The van der Waals surface area contributed by atoms with Crippen LogP contribution < -0.4 is 0 Å². The molecular formula is C20H28ClNO2. The Labute approximate surface area is 150 Å². The first-order valence-electron chi connectivity index (χ1n) is 8.82. The standard InChI is InChI=1S/C20H28ClNO2/c1-4-5-16-14-23-20(24-15-16)12-10-19(11-13-20,22(2)3)17-6-8-18(21)9-7-17/h4,6-9,16H,1,5,10-15H2,2-3H3. The molecule has 0 N–H and O–H groups in total. The van der Waals surface area contributed by atoms with Crippen molar-refractivity contribution in [2.75, 3.05) is 27.3 Å². The predicted octanol–water partition coefficient (Wildman–Crippen LogP) is 4.61. The van der Waals surface area contributed by atoms with Gasteiger partial charge >= 0.3 is 0 Å². The van der Waals surface area contributed by atoms with Gasteiger partial charge in [-0.1, -0.05) is 29.8 Å². The molecule has 4 heteroatoms. The maximum atomic E-state index is 6.19. The van der Waals surface area contributed by atoms with Crippen LogP contribution >= 0.6 is 11.6 Å². The van der Waals surface area contributed by atoms with Crippen molar-refractivity contribution in [1.29, 1.82) is 0 Å². The average molecular weight is 350 g/mol. The maximum Gasteiger partial charge on any atom is 0.168 e. The molecule has 3 rings (SSSR count). The minimum absolute atomic E-state index is 0.0283. The second-order valence-corrected chi connectivity index (χ2v) is 7.79. The van der Waals surface area contributed by atoms with E-state index in [1.54, 1.807) is 0 Å². The molecule has 1 aliphatic heterocycles. The van der Waals surface area contributed by atoms with E-state index in [1.165, 1.54) is 5.56 Å². The van der Waals surface area contributed by atoms with Gasteiger partial charge in [0.2, 0.25) is 0 Å². The lowest BCUT2D eigenvalue weighted by Crippen LogP contribution is -2.53. The molecule has 1 saturated carbocycles. The number of ether oxygens (including phenoxy) is 2. The number of hydrogen-bond donors (Lipinski definition) is 0. The van der Waals surface area contributed by atoms with E-state index in [0.29, 0.717) is 5.92 Å². The molecule has 0 radical (unpaired) electrons. The monoisotopic (exact) mass is 349 g/mol. The van der Waals surface area contributed by atoms with E-state index in [-0.39, 0.29) is 11.3 Å². The smallest absolute Gasteiger partial charge is 0.168 e. The number of allylic oxidation sites excluding steroid dienone is 1. The predicted molar refractivity (Wildman–Crippen MR) is 98.2 cm³/mol. The minimum Gasteiger partial charge on any atom is -0.350 e. The van der Waals surface area contributed by atoms with Gasteiger partial charge in [-0.05, 0) is 51.1 Å². The summed E-state index contributed by atoms with van der Waals surface area (Å²) in [7, 11) is 4.32. The normalized spacial score (nSPS) is 33.8. The fraction of sp³-hybridized carbons (Fsp3) is 0.600. The summed E-state index contributed by atoms with van der Waals surface area (Å²) >= 11 is 6.07. The van der Waals surface area contributed by atoms with Gasteiger partial charge in [0.05, 0.1) is 13.2 Å². The first-order chi connectivity index (χ1) is 11.5. The summed E-state index contributed by atoms with van der Waals surface area (Å²) in [6.07, 6.45) is 6.81. The van der Waals surface area contributed by atoms with Crippen LogP contribution in [0.5, 0.6) is 0 Å². The highest BCUT2D eigenvalue weighted by Crippen LogP contribution is 2.47. The summed E-state index contributed by atoms with van der Waals surface area (Å²) in [6, 6.07) is 8.28. The molecule has 1 heterocycles. The van der Waals surface area contributed by atoms with Crippen LogP contribution in [0.2, 0.25) is 5.02 Å². The fourth-order valence-corrected chi connectivity index (χ4v) is 4.21. The van der Waals surface area contributed by atoms with Gasteiger partial charge in [0.1, 0.15) is 0 Å². The van der Waals surface area contributed by atoms with Crippen molar-refractivity contribution in [3.63, 3.8) is 0 Å². The minimum atomic E-state index is -0.385. The molecule has 1 aliphatic carbocycles. The van der Waals surface area contributed by atoms with Gasteiger partial charge in [-0.25, -0.2) is 0 Å². The highest BCUT2D eigenvalue weighted by atomic mass is 35.5. The Morgan fingerprint density at radius 1 is 1.12 bits per heavy atom. The molecule has 1 aromatic carbocycles. The molecule has 0 bridgehead atoms. The van der Waals surface area contributed by atoms with Crippen molar-refractivity contribution in [3.05, 3.63) is 47.5 Å². The van der Waals surface area contributed by atoms with Gasteiger partial charge < -0.3 is 9.47 Å². The van der Waals surface area contributed by atoms with Crippen LogP contribution in [-0.2, 0) is 15.0 Å². The Morgan fingerprint density at radius 2 is 1.71 bits per heavy atom. The first kappa shape index (κ1) is 17.9. The largest absolute Gasteiger partial charge is 0.350 e. The van der Waals surface area contributed by atoms with Crippen LogP contribution in [0.15, 0.2) is 36.9 Å². The third-order valence-corrected chi connectivity index (χ3v) is 5.99. The summed E-state index contributed by atoms with van der Waals surface area (Å²) in [4.78, 5) is 2.34. The van der Waals surface area contributed by atoms with Gasteiger partial charge in [-0.15, -0.1) is 6.58 Å². The van der Waals surface area contributed by atoms with Crippen molar-refractivity contribution in [3.8, 4) is 0 Å². The molecule has 0 atom stereocenters. The van der Waals surface area contributed by atoms with Gasteiger partial charge in [0.15, 0.2) is 5.79 Å². The summed E-state index contributed by atoms with van der Waals surface area (Å²) in [5, 5.41) is 0.784. The Bertz CT molecular complexity index is 552. The molecule has 3 nitrogen and oxygen atoms in total. The Balaban J connectivity index is 1.72. The number of nitrogens with zero attached hydrogens (tertiary/aromatic N) is 1. The van der Waals surface area contributed by atoms with Crippen molar-refractivity contribution >= 4 is 11.6 Å². The molecule has 0 aromatic heterocycles. The summed E-state index contributed by atoms with van der Waals surface area (Å²) in [6.45, 7) is 5.37. The zero-order valence-electron chi connectivity index (χ0n) is 14.8. The Morgan fingerprint density at radius 3 is 2.21 bits per heavy atom. The van der Waals surface area contributed by atoms with Gasteiger partial charge in [0, 0.05) is 29.3 Å². The van der Waals surface area contributed by atoms with Crippen LogP contribution in [0.3, 0.4) is 0 Å². The lowest BCUT2D eigenvalue weighted by Gasteiger charge is -2.51. The van der Waals surface area contributed by atoms with Crippen molar-refractivity contribution in [2.45, 2.75) is 43.4 Å². The number of halogens is 1. The molecule has 1 aromatic rings. The van der Waals surface area contributed by atoms with E-state index in [9.17, 15) is 0 Å². The second-order valence-electron chi connectivity index (χ2n) is 7.36. The lowest BCUT2D eigenvalue weighted by molar-refractivity contribution is -0.302. The van der Waals surface area contributed by atoms with Crippen molar-refractivity contribution in [2.24, 2.45) is 5.92 Å². The SMILES string of the molecule is C=CCC1COC2(CCC(c3ccc(Cl)cc3)(N(C)C)CC2)OC1. The third-order valence-electron chi connectivity index (χ3n) is 5.74. The van der Waals surface area contributed by atoms with E-state index in [2.05, 4.69) is 37.7 Å². The van der Waals surface area contributed by atoms with Crippen molar-refractivity contribution < 1.29 is 9.47 Å². The van der Waals surface area contributed by atoms with Crippen LogP contribution in [0.4, 0.5) is 0 Å². The van der Waals surface area contributed by atoms with Gasteiger partial charge in [-0.3, -0.25) is 4.90 Å². The molecule has 0 amide bonds. The Kier molecular flexibility index (Phi) is 5.36. The first-order valence-corrected chi connectivity index (χ1v) is 9.20. The van der Waals surface area contributed by atoms with Crippen LogP contribution in [0.1, 0.15) is 37.7 Å². The van der Waals surface area contributed by atoms with E-state index < -0.39 is 0 Å². The quantitative estimate of drug-likeness (QED) is 0.741. The third kappa shape index (κ3) is 3.41. The topological polar surface area (TPSA) is 21.7 Å². The average Bonchev–Trinajstić information content (AvgIpc) is 2.59. The van der Waals surface area contributed by atoms with E-state index >= 15 is 0 Å². The molecule has 1 spiro atoms. The zero-order chi connectivity index (χ0) is 17.2. The highest BCUT2D eigenvalue weighted by Gasteiger charge is 2.48. The van der Waals surface area contributed by atoms with E-state index in [1.807, 2.05) is 18.2 Å². The summed E-state index contributed by atoms with van der Waals surface area (Å²) < 4.78 is 12.4.